The molecule has 6 rings (SSSR count). The molecule has 1 unspecified atom stereocenters. The molecule has 1 atom stereocenters. The number of rotatable bonds is 9. The number of nitrogens with one attached hydrogen (secondary N) is 2. The molecule has 0 spiro atoms. The van der Waals surface area contributed by atoms with Gasteiger partial charge in [0.15, 0.2) is 11.2 Å². The van der Waals surface area contributed by atoms with Crippen LogP contribution < -0.4 is 26.6 Å². The zero-order valence-corrected chi connectivity index (χ0v) is 20.1. The van der Waals surface area contributed by atoms with E-state index in [0.717, 1.165) is 50.0 Å². The molecule has 0 radical (unpaired) electrons. The van der Waals surface area contributed by atoms with Crippen LogP contribution in [-0.2, 0) is 19.6 Å². The predicted molar refractivity (Wildman–Crippen MR) is 135 cm³/mol. The minimum absolute atomic E-state index is 0.0972. The van der Waals surface area contributed by atoms with Gasteiger partial charge in [0.25, 0.3) is 5.56 Å². The molecule has 3 heterocycles. The van der Waals surface area contributed by atoms with Crippen molar-refractivity contribution in [2.24, 2.45) is 11.8 Å². The SMILES string of the molecule is COc1ccc(Cn2c(NC3C=CNCC3)nc3c2c(=O)n(CC2CC2)c(=O)n3CC2CC2)cc1. The number of benzene rings is 1. The summed E-state index contributed by atoms with van der Waals surface area (Å²) in [6.07, 6.45) is 9.31. The smallest absolute Gasteiger partial charge is 0.332 e. The molecular weight excluding hydrogens is 444 g/mol. The van der Waals surface area contributed by atoms with Gasteiger partial charge in [0.2, 0.25) is 5.95 Å². The molecule has 35 heavy (non-hydrogen) atoms. The molecule has 2 aliphatic carbocycles. The van der Waals surface area contributed by atoms with E-state index >= 15 is 0 Å². The number of anilines is 1. The second kappa shape index (κ2) is 8.94. The fraction of sp³-hybridized carbons (Fsp3) is 0.500. The monoisotopic (exact) mass is 476 g/mol. The van der Waals surface area contributed by atoms with Crippen molar-refractivity contribution in [3.05, 3.63) is 62.9 Å². The lowest BCUT2D eigenvalue weighted by molar-refractivity contribution is 0.414. The Balaban J connectivity index is 1.51. The number of hydrogen-bond acceptors (Lipinski definition) is 6. The lowest BCUT2D eigenvalue weighted by Gasteiger charge is -2.20. The van der Waals surface area contributed by atoms with Crippen molar-refractivity contribution in [2.45, 2.75) is 57.8 Å². The van der Waals surface area contributed by atoms with Crippen molar-refractivity contribution in [1.82, 2.24) is 24.0 Å². The minimum atomic E-state index is -0.237. The Labute approximate surface area is 203 Å². The molecule has 184 valence electrons. The van der Waals surface area contributed by atoms with Crippen LogP contribution in [0.15, 0.2) is 46.1 Å². The fourth-order valence-corrected chi connectivity index (χ4v) is 4.80. The molecule has 0 bridgehead atoms. The van der Waals surface area contributed by atoms with Gasteiger partial charge in [-0.1, -0.05) is 12.1 Å². The molecule has 2 aromatic heterocycles. The Bertz CT molecular complexity index is 1380. The van der Waals surface area contributed by atoms with Crippen molar-refractivity contribution in [3.63, 3.8) is 0 Å². The zero-order valence-electron chi connectivity index (χ0n) is 20.1. The largest absolute Gasteiger partial charge is 0.497 e. The van der Waals surface area contributed by atoms with Crippen LogP contribution in [0.5, 0.6) is 5.75 Å². The third-order valence-corrected chi connectivity index (χ3v) is 7.25. The Hall–Kier alpha value is -3.49. The van der Waals surface area contributed by atoms with Crippen LogP contribution in [0, 0.1) is 11.8 Å². The van der Waals surface area contributed by atoms with E-state index in [4.69, 9.17) is 9.72 Å². The van der Waals surface area contributed by atoms with Gasteiger partial charge in [-0.15, -0.1) is 0 Å². The molecule has 9 nitrogen and oxygen atoms in total. The van der Waals surface area contributed by atoms with Crippen molar-refractivity contribution < 1.29 is 4.74 Å². The molecule has 1 aliphatic heterocycles. The predicted octanol–water partition coefficient (Wildman–Crippen LogP) is 2.52. The Kier molecular flexibility index (Phi) is 5.62. The highest BCUT2D eigenvalue weighted by Crippen LogP contribution is 2.32. The van der Waals surface area contributed by atoms with Gasteiger partial charge in [-0.05, 0) is 73.9 Å². The average molecular weight is 477 g/mol. The molecule has 0 saturated heterocycles. The number of aromatic nitrogens is 4. The molecule has 2 saturated carbocycles. The van der Waals surface area contributed by atoms with Gasteiger partial charge in [0.05, 0.1) is 19.7 Å². The highest BCUT2D eigenvalue weighted by molar-refractivity contribution is 5.74. The van der Waals surface area contributed by atoms with E-state index in [0.29, 0.717) is 48.6 Å². The Morgan fingerprint density at radius 1 is 1.00 bits per heavy atom. The molecule has 3 aromatic rings. The number of nitrogens with zero attached hydrogens (tertiary/aromatic N) is 4. The van der Waals surface area contributed by atoms with Crippen LogP contribution in [0.2, 0.25) is 0 Å². The third-order valence-electron chi connectivity index (χ3n) is 7.25. The summed E-state index contributed by atoms with van der Waals surface area (Å²) in [5.41, 5.74) is 1.57. The van der Waals surface area contributed by atoms with Crippen LogP contribution in [0.4, 0.5) is 5.95 Å². The number of hydrogen-bond donors (Lipinski definition) is 2. The normalized spacial score (nSPS) is 19.6. The number of ether oxygens (including phenoxy) is 1. The van der Waals surface area contributed by atoms with Gasteiger partial charge in [-0.3, -0.25) is 18.5 Å². The summed E-state index contributed by atoms with van der Waals surface area (Å²) < 4.78 is 10.5. The minimum Gasteiger partial charge on any atom is -0.497 e. The molecule has 2 fully saturated rings. The van der Waals surface area contributed by atoms with E-state index in [1.807, 2.05) is 35.0 Å². The van der Waals surface area contributed by atoms with Crippen molar-refractivity contribution in [2.75, 3.05) is 19.0 Å². The molecule has 1 aromatic carbocycles. The van der Waals surface area contributed by atoms with Crippen LogP contribution in [0.1, 0.15) is 37.7 Å². The first-order valence-corrected chi connectivity index (χ1v) is 12.6. The molecule has 9 heteroatoms. The first kappa shape index (κ1) is 22.0. The quantitative estimate of drug-likeness (QED) is 0.493. The maximum absolute atomic E-state index is 13.8. The average Bonchev–Trinajstić information content (AvgIpc) is 3.81. The van der Waals surface area contributed by atoms with E-state index in [-0.39, 0.29) is 17.3 Å². The first-order chi connectivity index (χ1) is 17.1. The highest BCUT2D eigenvalue weighted by Gasteiger charge is 2.30. The summed E-state index contributed by atoms with van der Waals surface area (Å²) in [5, 5.41) is 6.75. The van der Waals surface area contributed by atoms with Crippen LogP contribution >= 0.6 is 0 Å². The summed E-state index contributed by atoms with van der Waals surface area (Å²) in [4.78, 5) is 32.2. The maximum atomic E-state index is 13.8. The third kappa shape index (κ3) is 4.47. The summed E-state index contributed by atoms with van der Waals surface area (Å²) in [6.45, 7) is 2.45. The summed E-state index contributed by atoms with van der Waals surface area (Å²) in [7, 11) is 1.65. The topological polar surface area (TPSA) is 95.1 Å². The van der Waals surface area contributed by atoms with Gasteiger partial charge < -0.3 is 15.4 Å². The van der Waals surface area contributed by atoms with E-state index < -0.39 is 0 Å². The summed E-state index contributed by atoms with van der Waals surface area (Å²) in [5.74, 6) is 2.31. The lowest BCUT2D eigenvalue weighted by Crippen LogP contribution is -2.41. The van der Waals surface area contributed by atoms with Gasteiger partial charge in [0.1, 0.15) is 5.75 Å². The van der Waals surface area contributed by atoms with E-state index in [9.17, 15) is 9.59 Å². The molecular formula is C26H32N6O3. The maximum Gasteiger partial charge on any atom is 0.332 e. The van der Waals surface area contributed by atoms with Gasteiger partial charge in [-0.2, -0.15) is 4.98 Å². The van der Waals surface area contributed by atoms with E-state index in [1.165, 1.54) is 4.57 Å². The first-order valence-electron chi connectivity index (χ1n) is 12.6. The fourth-order valence-electron chi connectivity index (χ4n) is 4.80. The zero-order chi connectivity index (χ0) is 23.9. The van der Waals surface area contributed by atoms with Gasteiger partial charge in [-0.25, -0.2) is 4.79 Å². The summed E-state index contributed by atoms with van der Waals surface area (Å²) >= 11 is 0. The number of fused-ring (bicyclic) bond motifs is 1. The van der Waals surface area contributed by atoms with Crippen LogP contribution in [0.25, 0.3) is 11.2 Å². The second-order valence-corrected chi connectivity index (χ2v) is 10.1. The number of imidazole rings is 1. The lowest BCUT2D eigenvalue weighted by atomic mass is 10.1. The second-order valence-electron chi connectivity index (χ2n) is 10.1. The molecule has 2 N–H and O–H groups in total. The van der Waals surface area contributed by atoms with Crippen LogP contribution in [0.3, 0.4) is 0 Å². The van der Waals surface area contributed by atoms with Crippen molar-refractivity contribution in [1.29, 1.82) is 0 Å². The molecule has 0 amide bonds. The van der Waals surface area contributed by atoms with E-state index in [1.54, 1.807) is 11.7 Å². The van der Waals surface area contributed by atoms with Crippen molar-refractivity contribution in [3.8, 4) is 5.75 Å². The van der Waals surface area contributed by atoms with Gasteiger partial charge in [0, 0.05) is 19.6 Å². The number of methoxy groups -OCH3 is 1. The van der Waals surface area contributed by atoms with E-state index in [2.05, 4.69) is 16.7 Å². The highest BCUT2D eigenvalue weighted by atomic mass is 16.5. The Morgan fingerprint density at radius 3 is 2.34 bits per heavy atom. The molecule has 3 aliphatic rings. The Morgan fingerprint density at radius 2 is 1.71 bits per heavy atom. The van der Waals surface area contributed by atoms with Crippen LogP contribution in [-0.4, -0.2) is 38.4 Å². The standard InChI is InChI=1S/C26H32N6O3/c1-35-21-8-6-19(7-9-21)14-30-22-23(29-25(30)28-20-10-12-27-13-11-20)31(15-17-2-3-17)26(34)32(24(22)33)16-18-4-5-18/h6-10,12,17-18,20,27H,2-5,11,13-16H2,1H3,(H,28,29). The van der Waals surface area contributed by atoms with Crippen molar-refractivity contribution >= 4 is 17.1 Å². The summed E-state index contributed by atoms with van der Waals surface area (Å²) in [6, 6.07) is 7.95. The van der Waals surface area contributed by atoms with Gasteiger partial charge >= 0.3 is 5.69 Å².